The normalized spacial score (nSPS) is 22.0. The summed E-state index contributed by atoms with van der Waals surface area (Å²) < 4.78 is 10.9. The summed E-state index contributed by atoms with van der Waals surface area (Å²) in [6.07, 6.45) is 3.15. The molecule has 1 aliphatic heterocycles. The number of carbonyl (C=O) groups is 2. The fourth-order valence-electron chi connectivity index (χ4n) is 4.15. The second-order valence-corrected chi connectivity index (χ2v) is 7.04. The zero-order chi connectivity index (χ0) is 19.8. The molecule has 0 bridgehead atoms. The lowest BCUT2D eigenvalue weighted by molar-refractivity contribution is -0.147. The summed E-state index contributed by atoms with van der Waals surface area (Å²) in [4.78, 5) is 38.8. The van der Waals surface area contributed by atoms with Crippen molar-refractivity contribution in [1.82, 2.24) is 5.32 Å². The predicted molar refractivity (Wildman–Crippen MR) is 104 cm³/mol. The number of Topliss-reactive ketones (excluding diaryl/α,β-unsaturated/α-hetero) is 1. The Morgan fingerprint density at radius 3 is 2.86 bits per heavy atom. The standard InChI is InChI=1S/C22H21NO5/c1-3-27-22(26)18-12(2)23-15-8-6-9-16(24)20(15)19(18)14-11-28-17-10-5-4-7-13(17)21(14)25/h4-5,7,10-11,18-19,23H,2-3,6,8-9H2,1H3. The van der Waals surface area contributed by atoms with Crippen LogP contribution in [-0.4, -0.2) is 18.4 Å². The number of hydrogen-bond acceptors (Lipinski definition) is 6. The summed E-state index contributed by atoms with van der Waals surface area (Å²) in [5.41, 5.74) is 2.13. The van der Waals surface area contributed by atoms with Crippen molar-refractivity contribution in [3.05, 3.63) is 69.9 Å². The highest BCUT2D eigenvalue weighted by Crippen LogP contribution is 2.43. The average molecular weight is 379 g/mol. The highest BCUT2D eigenvalue weighted by molar-refractivity contribution is 6.00. The minimum Gasteiger partial charge on any atom is -0.465 e. The van der Waals surface area contributed by atoms with Crippen LogP contribution in [0, 0.1) is 5.92 Å². The van der Waals surface area contributed by atoms with Gasteiger partial charge in [0.15, 0.2) is 11.2 Å². The van der Waals surface area contributed by atoms with E-state index < -0.39 is 17.8 Å². The van der Waals surface area contributed by atoms with Gasteiger partial charge in [-0.25, -0.2) is 0 Å². The van der Waals surface area contributed by atoms with E-state index in [1.807, 2.05) is 0 Å². The number of nitrogens with one attached hydrogen (secondary N) is 1. The first-order valence-electron chi connectivity index (χ1n) is 9.42. The third kappa shape index (κ3) is 2.85. The number of hydrogen-bond donors (Lipinski definition) is 1. The van der Waals surface area contributed by atoms with Crippen LogP contribution in [0.1, 0.15) is 37.7 Å². The van der Waals surface area contributed by atoms with Gasteiger partial charge in [0.2, 0.25) is 0 Å². The maximum absolute atomic E-state index is 13.2. The van der Waals surface area contributed by atoms with Gasteiger partial charge in [-0.05, 0) is 31.9 Å². The molecule has 4 rings (SSSR count). The van der Waals surface area contributed by atoms with Crippen molar-refractivity contribution >= 4 is 22.7 Å². The van der Waals surface area contributed by atoms with Crippen LogP contribution in [-0.2, 0) is 14.3 Å². The maximum Gasteiger partial charge on any atom is 0.315 e. The summed E-state index contributed by atoms with van der Waals surface area (Å²) >= 11 is 0. The topological polar surface area (TPSA) is 85.6 Å². The molecular formula is C22H21NO5. The van der Waals surface area contributed by atoms with E-state index in [4.69, 9.17) is 9.15 Å². The van der Waals surface area contributed by atoms with Crippen molar-refractivity contribution in [2.75, 3.05) is 6.61 Å². The van der Waals surface area contributed by atoms with E-state index in [0.717, 1.165) is 12.1 Å². The first-order valence-corrected chi connectivity index (χ1v) is 9.42. The zero-order valence-corrected chi connectivity index (χ0v) is 15.6. The monoisotopic (exact) mass is 379 g/mol. The molecule has 0 saturated carbocycles. The van der Waals surface area contributed by atoms with E-state index in [1.165, 1.54) is 6.26 Å². The quantitative estimate of drug-likeness (QED) is 0.825. The number of ketones is 1. The van der Waals surface area contributed by atoms with Gasteiger partial charge in [0, 0.05) is 34.9 Å². The summed E-state index contributed by atoms with van der Waals surface area (Å²) in [6.45, 7) is 5.90. The summed E-state index contributed by atoms with van der Waals surface area (Å²) in [6, 6.07) is 6.92. The Hall–Kier alpha value is -3.15. The van der Waals surface area contributed by atoms with E-state index in [2.05, 4.69) is 11.9 Å². The van der Waals surface area contributed by atoms with Gasteiger partial charge in [0.25, 0.3) is 0 Å². The number of esters is 1. The number of rotatable bonds is 3. The Labute approximate surface area is 161 Å². The van der Waals surface area contributed by atoms with Crippen LogP contribution in [0.15, 0.2) is 63.3 Å². The molecule has 144 valence electrons. The van der Waals surface area contributed by atoms with Gasteiger partial charge in [0.1, 0.15) is 11.5 Å². The molecule has 1 aromatic carbocycles. The van der Waals surface area contributed by atoms with Crippen molar-refractivity contribution in [2.45, 2.75) is 32.1 Å². The second-order valence-electron chi connectivity index (χ2n) is 7.04. The highest BCUT2D eigenvalue weighted by atomic mass is 16.5. The molecule has 1 N–H and O–H groups in total. The largest absolute Gasteiger partial charge is 0.465 e. The number of ether oxygens (including phenoxy) is 1. The van der Waals surface area contributed by atoms with Crippen LogP contribution in [0.2, 0.25) is 0 Å². The Kier molecular flexibility index (Phi) is 4.63. The van der Waals surface area contributed by atoms with Crippen molar-refractivity contribution in [1.29, 1.82) is 0 Å². The average Bonchev–Trinajstić information content (AvgIpc) is 2.68. The molecule has 0 saturated heterocycles. The van der Waals surface area contributed by atoms with E-state index in [9.17, 15) is 14.4 Å². The van der Waals surface area contributed by atoms with Crippen molar-refractivity contribution in [3.8, 4) is 0 Å². The first kappa shape index (κ1) is 18.2. The molecule has 0 fully saturated rings. The summed E-state index contributed by atoms with van der Waals surface area (Å²) in [5.74, 6) is -2.21. The SMILES string of the molecule is C=C1NC2=C(C(=O)CCC2)C(c2coc3ccccc3c2=O)C1C(=O)OCC. The van der Waals surface area contributed by atoms with E-state index >= 15 is 0 Å². The van der Waals surface area contributed by atoms with Gasteiger partial charge < -0.3 is 14.5 Å². The van der Waals surface area contributed by atoms with Crippen LogP contribution in [0.25, 0.3) is 11.0 Å². The van der Waals surface area contributed by atoms with E-state index in [-0.39, 0.29) is 23.4 Å². The number of fused-ring (bicyclic) bond motifs is 1. The first-order chi connectivity index (χ1) is 13.5. The lowest BCUT2D eigenvalue weighted by Crippen LogP contribution is -2.42. The smallest absolute Gasteiger partial charge is 0.315 e. The number of allylic oxidation sites excluding steroid dienone is 2. The fourth-order valence-corrected chi connectivity index (χ4v) is 4.15. The molecule has 6 nitrogen and oxygen atoms in total. The van der Waals surface area contributed by atoms with Gasteiger partial charge in [-0.15, -0.1) is 0 Å². The molecule has 2 aromatic rings. The Bertz CT molecular complexity index is 1080. The number of para-hydroxylation sites is 1. The van der Waals surface area contributed by atoms with Gasteiger partial charge in [0.05, 0.1) is 18.3 Å². The lowest BCUT2D eigenvalue weighted by Gasteiger charge is -2.37. The van der Waals surface area contributed by atoms with Crippen molar-refractivity contribution in [3.63, 3.8) is 0 Å². The molecule has 28 heavy (non-hydrogen) atoms. The molecule has 6 heteroatoms. The van der Waals surface area contributed by atoms with Crippen molar-refractivity contribution < 1.29 is 18.7 Å². The Morgan fingerprint density at radius 1 is 1.29 bits per heavy atom. The molecular weight excluding hydrogens is 358 g/mol. The molecule has 0 spiro atoms. The van der Waals surface area contributed by atoms with Gasteiger partial charge in [-0.3, -0.25) is 14.4 Å². The fraction of sp³-hybridized carbons (Fsp3) is 0.318. The zero-order valence-electron chi connectivity index (χ0n) is 15.6. The maximum atomic E-state index is 13.2. The molecule has 2 heterocycles. The van der Waals surface area contributed by atoms with Crippen LogP contribution in [0.3, 0.4) is 0 Å². The molecule has 2 unspecified atom stereocenters. The van der Waals surface area contributed by atoms with Crippen LogP contribution < -0.4 is 10.7 Å². The third-order valence-corrected chi connectivity index (χ3v) is 5.37. The number of carbonyl (C=O) groups excluding carboxylic acids is 2. The summed E-state index contributed by atoms with van der Waals surface area (Å²) in [5, 5.41) is 3.54. The second kappa shape index (κ2) is 7.11. The van der Waals surface area contributed by atoms with Gasteiger partial charge >= 0.3 is 5.97 Å². The van der Waals surface area contributed by atoms with E-state index in [0.29, 0.717) is 35.1 Å². The van der Waals surface area contributed by atoms with Gasteiger partial charge in [-0.1, -0.05) is 18.7 Å². The minimum absolute atomic E-state index is 0.0619. The predicted octanol–water partition coefficient (Wildman–Crippen LogP) is 3.18. The van der Waals surface area contributed by atoms with Crippen LogP contribution >= 0.6 is 0 Å². The molecule has 0 amide bonds. The summed E-state index contributed by atoms with van der Waals surface area (Å²) in [7, 11) is 0. The third-order valence-electron chi connectivity index (χ3n) is 5.37. The Balaban J connectivity index is 1.96. The molecule has 1 aliphatic carbocycles. The molecule has 2 atom stereocenters. The Morgan fingerprint density at radius 2 is 2.07 bits per heavy atom. The van der Waals surface area contributed by atoms with Crippen LogP contribution in [0.5, 0.6) is 0 Å². The molecule has 0 radical (unpaired) electrons. The molecule has 2 aliphatic rings. The van der Waals surface area contributed by atoms with Crippen LogP contribution in [0.4, 0.5) is 0 Å². The lowest BCUT2D eigenvalue weighted by atomic mass is 9.71. The minimum atomic E-state index is -0.871. The highest BCUT2D eigenvalue weighted by Gasteiger charge is 2.45. The van der Waals surface area contributed by atoms with E-state index in [1.54, 1.807) is 31.2 Å². The number of benzene rings is 1. The van der Waals surface area contributed by atoms with Gasteiger partial charge in [-0.2, -0.15) is 0 Å². The van der Waals surface area contributed by atoms with Crippen molar-refractivity contribution in [2.24, 2.45) is 5.92 Å². The molecule has 1 aromatic heterocycles.